The lowest BCUT2D eigenvalue weighted by Gasteiger charge is -2.14. The molecular weight excluding hydrogens is 425 g/mol. The Kier molecular flexibility index (Phi) is 5.72. The van der Waals surface area contributed by atoms with Crippen molar-refractivity contribution in [3.63, 3.8) is 0 Å². The molecule has 3 heterocycles. The number of alkyl halides is 3. The second-order valence-corrected chi connectivity index (χ2v) is 7.08. The summed E-state index contributed by atoms with van der Waals surface area (Å²) in [6.45, 7) is -0.853. The van der Waals surface area contributed by atoms with Crippen LogP contribution in [-0.4, -0.2) is 43.4 Å². The zero-order valence-corrected chi connectivity index (χ0v) is 16.5. The number of aliphatic hydroxyl groups is 2. The van der Waals surface area contributed by atoms with Gasteiger partial charge in [-0.15, -0.1) is 0 Å². The van der Waals surface area contributed by atoms with E-state index in [1.807, 2.05) is 0 Å². The fourth-order valence-electron chi connectivity index (χ4n) is 3.26. The highest BCUT2D eigenvalue weighted by Crippen LogP contribution is 2.32. The van der Waals surface area contributed by atoms with Crippen molar-refractivity contribution in [2.45, 2.75) is 12.1 Å². The molecule has 0 aliphatic heterocycles. The van der Waals surface area contributed by atoms with Crippen LogP contribution in [0.5, 0.6) is 0 Å². The van der Waals surface area contributed by atoms with Crippen molar-refractivity contribution in [2.24, 2.45) is 0 Å². The molecule has 0 saturated heterocycles. The molecule has 4 rings (SSSR count). The Morgan fingerprint density at radius 2 is 1.72 bits per heavy atom. The van der Waals surface area contributed by atoms with E-state index in [1.165, 1.54) is 24.4 Å². The molecule has 3 aromatic heterocycles. The second-order valence-electron chi connectivity index (χ2n) is 7.08. The van der Waals surface area contributed by atoms with Gasteiger partial charge in [0.1, 0.15) is 11.3 Å². The van der Waals surface area contributed by atoms with E-state index in [0.29, 0.717) is 16.8 Å². The van der Waals surface area contributed by atoms with E-state index in [1.54, 1.807) is 18.3 Å². The molecule has 7 nitrogen and oxygen atoms in total. The van der Waals surface area contributed by atoms with Crippen LogP contribution in [0.2, 0.25) is 0 Å². The van der Waals surface area contributed by atoms with Crippen molar-refractivity contribution in [3.8, 4) is 22.5 Å². The summed E-state index contributed by atoms with van der Waals surface area (Å²) in [6, 6.07) is 9.30. The number of aromatic nitrogens is 4. The Morgan fingerprint density at radius 3 is 2.31 bits per heavy atom. The minimum atomic E-state index is -4.47. The normalized spacial score (nSPS) is 11.9. The summed E-state index contributed by atoms with van der Waals surface area (Å²) in [4.78, 5) is 28.4. The van der Waals surface area contributed by atoms with Crippen molar-refractivity contribution in [3.05, 3.63) is 76.6 Å². The van der Waals surface area contributed by atoms with Gasteiger partial charge in [-0.25, -0.2) is 9.97 Å². The molecule has 0 fully saturated rings. The number of hydrogen-bond acceptors (Lipinski definition) is 6. The third-order valence-corrected chi connectivity index (χ3v) is 4.98. The third kappa shape index (κ3) is 4.10. The van der Waals surface area contributed by atoms with E-state index < -0.39 is 36.4 Å². The number of rotatable bonds is 5. The van der Waals surface area contributed by atoms with Gasteiger partial charge in [-0.05, 0) is 30.3 Å². The minimum absolute atomic E-state index is 0.0988. The van der Waals surface area contributed by atoms with Crippen LogP contribution in [0.15, 0.2) is 59.7 Å². The molecule has 0 aliphatic carbocycles. The van der Waals surface area contributed by atoms with Crippen LogP contribution < -0.4 is 5.56 Å². The van der Waals surface area contributed by atoms with Gasteiger partial charge >= 0.3 is 6.18 Å². The Balaban J connectivity index is 1.96. The van der Waals surface area contributed by atoms with Gasteiger partial charge in [0, 0.05) is 23.5 Å². The number of aliphatic hydroxyl groups excluding tert-OH is 2. The maximum Gasteiger partial charge on any atom is 0.416 e. The van der Waals surface area contributed by atoms with E-state index in [9.17, 15) is 28.2 Å². The molecule has 0 saturated carbocycles. The first-order valence-corrected chi connectivity index (χ1v) is 9.56. The van der Waals surface area contributed by atoms with E-state index in [-0.39, 0.29) is 22.4 Å². The molecule has 0 unspecified atom stereocenters. The topological polar surface area (TPSA) is 112 Å². The lowest BCUT2D eigenvalue weighted by molar-refractivity contribution is -0.137. The predicted octanol–water partition coefficient (Wildman–Crippen LogP) is 3.13. The van der Waals surface area contributed by atoms with Crippen LogP contribution >= 0.6 is 0 Å². The fourth-order valence-corrected chi connectivity index (χ4v) is 3.26. The van der Waals surface area contributed by atoms with Crippen LogP contribution in [0.25, 0.3) is 33.4 Å². The minimum Gasteiger partial charge on any atom is -0.396 e. The molecule has 0 radical (unpaired) electrons. The van der Waals surface area contributed by atoms with Gasteiger partial charge in [0.15, 0.2) is 0 Å². The lowest BCUT2D eigenvalue weighted by atomic mass is 10.0. The number of aromatic amines is 1. The molecule has 1 aromatic carbocycles. The van der Waals surface area contributed by atoms with Crippen molar-refractivity contribution in [1.29, 1.82) is 0 Å². The highest BCUT2D eigenvalue weighted by molar-refractivity contribution is 5.93. The van der Waals surface area contributed by atoms with E-state index in [2.05, 4.69) is 19.9 Å². The summed E-state index contributed by atoms with van der Waals surface area (Å²) < 4.78 is 38.8. The zero-order valence-electron chi connectivity index (χ0n) is 16.5. The van der Waals surface area contributed by atoms with Crippen LogP contribution in [-0.2, 0) is 6.18 Å². The molecule has 10 heteroatoms. The molecule has 3 N–H and O–H groups in total. The first kappa shape index (κ1) is 21.6. The number of pyridine rings is 2. The van der Waals surface area contributed by atoms with Crippen molar-refractivity contribution in [2.75, 3.05) is 13.2 Å². The maximum absolute atomic E-state index is 12.9. The lowest BCUT2D eigenvalue weighted by Crippen LogP contribution is -2.19. The number of nitrogens with zero attached hydrogens (tertiary/aromatic N) is 3. The summed E-state index contributed by atoms with van der Waals surface area (Å²) in [5.74, 6) is -0.690. The van der Waals surface area contributed by atoms with Crippen LogP contribution in [0.4, 0.5) is 13.2 Å². The van der Waals surface area contributed by atoms with E-state index in [4.69, 9.17) is 0 Å². The fraction of sp³-hybridized carbons (Fsp3) is 0.182. The number of fused-ring (bicyclic) bond motifs is 1. The summed E-state index contributed by atoms with van der Waals surface area (Å²) in [5, 5.41) is 19.1. The number of halogens is 3. The molecule has 0 atom stereocenters. The third-order valence-electron chi connectivity index (χ3n) is 4.98. The van der Waals surface area contributed by atoms with Crippen LogP contribution in [0, 0.1) is 0 Å². The Hall–Kier alpha value is -3.63. The molecule has 164 valence electrons. The van der Waals surface area contributed by atoms with Gasteiger partial charge in [0.05, 0.1) is 41.5 Å². The second kappa shape index (κ2) is 8.48. The summed E-state index contributed by atoms with van der Waals surface area (Å²) in [5.41, 5.74) is 0.407. The highest BCUT2D eigenvalue weighted by Gasteiger charge is 2.30. The van der Waals surface area contributed by atoms with Crippen LogP contribution in [0.3, 0.4) is 0 Å². The van der Waals surface area contributed by atoms with E-state index in [0.717, 1.165) is 12.1 Å². The molecular formula is C22H17F3N4O3. The molecule has 4 aromatic rings. The SMILES string of the molecule is O=c1[nH]c(C(CO)CO)nc2c(-c3cccnc3)nc(-c3ccc(C(F)(F)F)cc3)cc12. The Labute approximate surface area is 179 Å². The van der Waals surface area contributed by atoms with Gasteiger partial charge in [-0.2, -0.15) is 13.2 Å². The standard InChI is InChI=1S/C22H17F3N4O3/c23-22(24,25)15-5-3-12(4-6-15)17-8-16-19(18(27-17)13-2-1-7-26-9-13)28-20(29-21(16)32)14(10-30)11-31/h1-9,14,30-31H,10-11H2,(H,28,29,32). The van der Waals surface area contributed by atoms with Gasteiger partial charge in [0.2, 0.25) is 0 Å². The first-order chi connectivity index (χ1) is 15.3. The van der Waals surface area contributed by atoms with Gasteiger partial charge in [-0.3, -0.25) is 9.78 Å². The maximum atomic E-state index is 12.9. The molecule has 0 aliphatic rings. The number of hydrogen-bond donors (Lipinski definition) is 3. The van der Waals surface area contributed by atoms with Crippen molar-refractivity contribution >= 4 is 10.9 Å². The highest BCUT2D eigenvalue weighted by atomic mass is 19.4. The zero-order chi connectivity index (χ0) is 22.9. The quantitative estimate of drug-likeness (QED) is 0.438. The monoisotopic (exact) mass is 442 g/mol. The van der Waals surface area contributed by atoms with Gasteiger partial charge < -0.3 is 15.2 Å². The molecule has 0 spiro atoms. The Morgan fingerprint density at radius 1 is 1.00 bits per heavy atom. The van der Waals surface area contributed by atoms with Gasteiger partial charge in [0.25, 0.3) is 5.56 Å². The average molecular weight is 442 g/mol. The summed E-state index contributed by atoms with van der Waals surface area (Å²) in [7, 11) is 0. The smallest absolute Gasteiger partial charge is 0.396 e. The predicted molar refractivity (Wildman–Crippen MR) is 111 cm³/mol. The largest absolute Gasteiger partial charge is 0.416 e. The number of H-pyrrole nitrogens is 1. The van der Waals surface area contributed by atoms with Crippen LogP contribution in [0.1, 0.15) is 17.3 Å². The van der Waals surface area contributed by atoms with Crippen molar-refractivity contribution < 1.29 is 23.4 Å². The van der Waals surface area contributed by atoms with E-state index >= 15 is 0 Å². The first-order valence-electron chi connectivity index (χ1n) is 9.56. The number of nitrogens with one attached hydrogen (secondary N) is 1. The average Bonchev–Trinajstić information content (AvgIpc) is 2.79. The number of benzene rings is 1. The van der Waals surface area contributed by atoms with Gasteiger partial charge in [-0.1, -0.05) is 12.1 Å². The molecule has 0 bridgehead atoms. The molecule has 0 amide bonds. The Bertz CT molecular complexity index is 1300. The summed E-state index contributed by atoms with van der Waals surface area (Å²) >= 11 is 0. The summed E-state index contributed by atoms with van der Waals surface area (Å²) in [6.07, 6.45) is -1.38. The van der Waals surface area contributed by atoms with Crippen molar-refractivity contribution in [1.82, 2.24) is 19.9 Å². The molecule has 32 heavy (non-hydrogen) atoms.